The largest absolute Gasteiger partial charge is 0.368 e. The maximum absolute atomic E-state index is 13.7. The zero-order valence-corrected chi connectivity index (χ0v) is 12.4. The summed E-state index contributed by atoms with van der Waals surface area (Å²) in [7, 11) is 0. The van der Waals surface area contributed by atoms with Crippen LogP contribution in [-0.4, -0.2) is 14.8 Å². The Labute approximate surface area is 123 Å². The number of halogens is 2. The van der Waals surface area contributed by atoms with Crippen LogP contribution in [0.5, 0.6) is 0 Å². The van der Waals surface area contributed by atoms with E-state index in [1.807, 2.05) is 6.07 Å². The SMILES string of the molecule is C=CCn1c(N)nnc1SCc1ccc(Br)cc1F. The van der Waals surface area contributed by atoms with E-state index in [-0.39, 0.29) is 5.82 Å². The van der Waals surface area contributed by atoms with E-state index in [0.29, 0.717) is 29.0 Å². The number of hydrogen-bond acceptors (Lipinski definition) is 4. The van der Waals surface area contributed by atoms with Gasteiger partial charge in [-0.25, -0.2) is 4.39 Å². The Kier molecular flexibility index (Phi) is 4.60. The van der Waals surface area contributed by atoms with E-state index < -0.39 is 0 Å². The average molecular weight is 343 g/mol. The molecule has 0 atom stereocenters. The average Bonchev–Trinajstić information content (AvgIpc) is 2.71. The molecule has 2 aromatic rings. The van der Waals surface area contributed by atoms with Crippen LogP contribution in [0.15, 0.2) is 40.5 Å². The van der Waals surface area contributed by atoms with Crippen LogP contribution < -0.4 is 5.73 Å². The maximum Gasteiger partial charge on any atom is 0.222 e. The highest BCUT2D eigenvalue weighted by Crippen LogP contribution is 2.25. The molecule has 2 N–H and O–H groups in total. The molecule has 0 bridgehead atoms. The number of rotatable bonds is 5. The van der Waals surface area contributed by atoms with Crippen LogP contribution in [0.2, 0.25) is 0 Å². The first-order valence-electron chi connectivity index (χ1n) is 5.48. The minimum absolute atomic E-state index is 0.246. The summed E-state index contributed by atoms with van der Waals surface area (Å²) < 4.78 is 16.1. The Morgan fingerprint density at radius 1 is 1.47 bits per heavy atom. The summed E-state index contributed by atoms with van der Waals surface area (Å²) in [5, 5.41) is 8.43. The number of aromatic nitrogens is 3. The molecule has 0 aliphatic carbocycles. The summed E-state index contributed by atoms with van der Waals surface area (Å²) in [5.74, 6) is 0.553. The van der Waals surface area contributed by atoms with Gasteiger partial charge in [0.2, 0.25) is 5.95 Å². The van der Waals surface area contributed by atoms with E-state index in [2.05, 4.69) is 32.7 Å². The summed E-state index contributed by atoms with van der Waals surface area (Å²) in [5.41, 5.74) is 6.31. The fourth-order valence-electron chi connectivity index (χ4n) is 1.49. The quantitative estimate of drug-likeness (QED) is 0.669. The van der Waals surface area contributed by atoms with Crippen molar-refractivity contribution in [2.75, 3.05) is 5.73 Å². The number of nitrogens with zero attached hydrogens (tertiary/aromatic N) is 3. The summed E-state index contributed by atoms with van der Waals surface area (Å²) in [6, 6.07) is 4.99. The van der Waals surface area contributed by atoms with Gasteiger partial charge in [0.15, 0.2) is 5.16 Å². The van der Waals surface area contributed by atoms with Gasteiger partial charge in [-0.1, -0.05) is 39.8 Å². The highest BCUT2D eigenvalue weighted by atomic mass is 79.9. The number of benzene rings is 1. The van der Waals surface area contributed by atoms with Crippen LogP contribution >= 0.6 is 27.7 Å². The second-order valence-electron chi connectivity index (χ2n) is 3.76. The maximum atomic E-state index is 13.7. The van der Waals surface area contributed by atoms with E-state index in [1.54, 1.807) is 16.7 Å². The summed E-state index contributed by atoms with van der Waals surface area (Å²) in [6.45, 7) is 4.19. The zero-order valence-electron chi connectivity index (χ0n) is 10.0. The van der Waals surface area contributed by atoms with Gasteiger partial charge in [-0.3, -0.25) is 4.57 Å². The predicted molar refractivity (Wildman–Crippen MR) is 78.3 cm³/mol. The molecule has 1 aromatic carbocycles. The van der Waals surface area contributed by atoms with Gasteiger partial charge in [0.05, 0.1) is 0 Å². The second kappa shape index (κ2) is 6.21. The summed E-state index contributed by atoms with van der Waals surface area (Å²) in [6.07, 6.45) is 1.71. The van der Waals surface area contributed by atoms with E-state index >= 15 is 0 Å². The lowest BCUT2D eigenvalue weighted by Crippen LogP contribution is -2.03. The molecule has 0 saturated carbocycles. The molecule has 0 aliphatic rings. The molecule has 100 valence electrons. The van der Waals surface area contributed by atoms with Gasteiger partial charge in [0, 0.05) is 16.8 Å². The molecule has 0 amide bonds. The third kappa shape index (κ3) is 3.36. The van der Waals surface area contributed by atoms with Crippen LogP contribution in [0.4, 0.5) is 10.3 Å². The van der Waals surface area contributed by atoms with Crippen molar-refractivity contribution in [1.29, 1.82) is 0 Å². The number of nitrogen functional groups attached to an aromatic ring is 1. The molecule has 0 radical (unpaired) electrons. The number of hydrogen-bond donors (Lipinski definition) is 1. The Balaban J connectivity index is 2.12. The van der Waals surface area contributed by atoms with E-state index in [4.69, 9.17) is 5.73 Å². The minimum atomic E-state index is -0.246. The highest BCUT2D eigenvalue weighted by molar-refractivity contribution is 9.10. The molecule has 4 nitrogen and oxygen atoms in total. The number of thioether (sulfide) groups is 1. The molecule has 1 heterocycles. The van der Waals surface area contributed by atoms with Crippen LogP contribution in [0.1, 0.15) is 5.56 Å². The number of allylic oxidation sites excluding steroid dienone is 1. The second-order valence-corrected chi connectivity index (χ2v) is 5.62. The first-order valence-corrected chi connectivity index (χ1v) is 7.26. The number of anilines is 1. The van der Waals surface area contributed by atoms with Gasteiger partial charge < -0.3 is 5.73 Å². The minimum Gasteiger partial charge on any atom is -0.368 e. The normalized spacial score (nSPS) is 10.6. The fraction of sp³-hybridized carbons (Fsp3) is 0.167. The molecule has 0 aliphatic heterocycles. The molecule has 2 rings (SSSR count). The van der Waals surface area contributed by atoms with Gasteiger partial charge in [-0.05, 0) is 17.7 Å². The Morgan fingerprint density at radius 2 is 2.26 bits per heavy atom. The van der Waals surface area contributed by atoms with Crippen molar-refractivity contribution in [2.45, 2.75) is 17.5 Å². The lowest BCUT2D eigenvalue weighted by molar-refractivity contribution is 0.616. The lowest BCUT2D eigenvalue weighted by Gasteiger charge is -2.05. The predicted octanol–water partition coefficient (Wildman–Crippen LogP) is 3.24. The molecule has 0 unspecified atom stereocenters. The molecule has 19 heavy (non-hydrogen) atoms. The van der Waals surface area contributed by atoms with Gasteiger partial charge in [0.1, 0.15) is 5.82 Å². The van der Waals surface area contributed by atoms with Crippen molar-refractivity contribution in [3.8, 4) is 0 Å². The van der Waals surface area contributed by atoms with Gasteiger partial charge in [-0.2, -0.15) is 0 Å². The van der Waals surface area contributed by atoms with Gasteiger partial charge in [0.25, 0.3) is 0 Å². The van der Waals surface area contributed by atoms with Crippen molar-refractivity contribution in [3.63, 3.8) is 0 Å². The first-order chi connectivity index (χ1) is 9.11. The van der Waals surface area contributed by atoms with Crippen LogP contribution in [-0.2, 0) is 12.3 Å². The fourth-order valence-corrected chi connectivity index (χ4v) is 2.76. The van der Waals surface area contributed by atoms with Crippen molar-refractivity contribution in [3.05, 3.63) is 46.7 Å². The zero-order chi connectivity index (χ0) is 13.8. The van der Waals surface area contributed by atoms with Crippen molar-refractivity contribution in [1.82, 2.24) is 14.8 Å². The summed E-state index contributed by atoms with van der Waals surface area (Å²) in [4.78, 5) is 0. The summed E-state index contributed by atoms with van der Waals surface area (Å²) >= 11 is 4.61. The third-order valence-electron chi connectivity index (χ3n) is 2.43. The van der Waals surface area contributed by atoms with Gasteiger partial charge in [-0.15, -0.1) is 16.8 Å². The van der Waals surface area contributed by atoms with E-state index in [1.165, 1.54) is 17.8 Å². The van der Waals surface area contributed by atoms with E-state index in [9.17, 15) is 4.39 Å². The molecule has 0 saturated heterocycles. The lowest BCUT2D eigenvalue weighted by atomic mass is 10.2. The topological polar surface area (TPSA) is 56.7 Å². The molecule has 1 aromatic heterocycles. The molecular formula is C12H12BrFN4S. The Bertz CT molecular complexity index is 599. The molecule has 0 spiro atoms. The molecule has 7 heteroatoms. The Hall–Kier alpha value is -1.34. The van der Waals surface area contributed by atoms with Gasteiger partial charge >= 0.3 is 0 Å². The monoisotopic (exact) mass is 342 g/mol. The molecular weight excluding hydrogens is 331 g/mol. The van der Waals surface area contributed by atoms with Crippen LogP contribution in [0.3, 0.4) is 0 Å². The Morgan fingerprint density at radius 3 is 2.95 bits per heavy atom. The van der Waals surface area contributed by atoms with Crippen LogP contribution in [0, 0.1) is 5.82 Å². The highest BCUT2D eigenvalue weighted by Gasteiger charge is 2.10. The molecule has 0 fully saturated rings. The third-order valence-corrected chi connectivity index (χ3v) is 3.94. The van der Waals surface area contributed by atoms with Crippen molar-refractivity contribution < 1.29 is 4.39 Å². The van der Waals surface area contributed by atoms with Crippen molar-refractivity contribution in [2.24, 2.45) is 0 Å². The standard InChI is InChI=1S/C12H12BrFN4S/c1-2-5-18-11(15)16-17-12(18)19-7-8-3-4-9(13)6-10(8)14/h2-4,6H,1,5,7H2,(H2,15,16). The smallest absolute Gasteiger partial charge is 0.222 e. The first kappa shape index (κ1) is 14.1. The van der Waals surface area contributed by atoms with E-state index in [0.717, 1.165) is 4.47 Å². The number of nitrogens with two attached hydrogens (primary N) is 1. The van der Waals surface area contributed by atoms with Crippen LogP contribution in [0.25, 0.3) is 0 Å². The van der Waals surface area contributed by atoms with Crippen molar-refractivity contribution >= 4 is 33.6 Å².